The van der Waals surface area contributed by atoms with E-state index in [4.69, 9.17) is 16.3 Å². The maximum Gasteiger partial charge on any atom is 0.320 e. The molecule has 2 fully saturated rings. The standard InChI is InChI=1S/C21H31ClN4O3/c1-3-24(4-2)21(28)26-9-5-6-16(15-26)20(27)23-18-14-17(22)7-8-19(18)25-10-12-29-13-11-25/h7-8,14,16H,3-6,9-13,15H2,1-2H3,(H,23,27)/t16-/m1/s1. The molecular formula is C21H31ClN4O3. The van der Waals surface area contributed by atoms with Crippen molar-refractivity contribution in [3.63, 3.8) is 0 Å². The number of ether oxygens (including phenoxy) is 1. The minimum Gasteiger partial charge on any atom is -0.378 e. The molecule has 0 bridgehead atoms. The molecule has 160 valence electrons. The Morgan fingerprint density at radius 3 is 2.62 bits per heavy atom. The fourth-order valence-corrected chi connectivity index (χ4v) is 4.15. The van der Waals surface area contributed by atoms with E-state index in [9.17, 15) is 9.59 Å². The monoisotopic (exact) mass is 422 g/mol. The number of halogens is 1. The Hall–Kier alpha value is -1.99. The van der Waals surface area contributed by atoms with E-state index in [1.807, 2.05) is 30.9 Å². The fourth-order valence-electron chi connectivity index (χ4n) is 3.98. The van der Waals surface area contributed by atoms with Crippen LogP contribution in [-0.4, -0.2) is 74.2 Å². The van der Waals surface area contributed by atoms with Crippen LogP contribution in [0.4, 0.5) is 16.2 Å². The van der Waals surface area contributed by atoms with Gasteiger partial charge in [-0.25, -0.2) is 4.79 Å². The van der Waals surface area contributed by atoms with Crippen molar-refractivity contribution >= 4 is 34.9 Å². The Labute approximate surface area is 177 Å². The highest BCUT2D eigenvalue weighted by Gasteiger charge is 2.30. The van der Waals surface area contributed by atoms with E-state index >= 15 is 0 Å². The van der Waals surface area contributed by atoms with Gasteiger partial charge in [0.2, 0.25) is 5.91 Å². The molecule has 2 aliphatic heterocycles. The normalized spacial score (nSPS) is 19.8. The number of piperidine rings is 1. The molecule has 29 heavy (non-hydrogen) atoms. The van der Waals surface area contributed by atoms with E-state index in [0.29, 0.717) is 44.4 Å². The van der Waals surface area contributed by atoms with Gasteiger partial charge in [-0.15, -0.1) is 0 Å². The third-order valence-electron chi connectivity index (χ3n) is 5.66. The van der Waals surface area contributed by atoms with Crippen molar-refractivity contribution in [3.8, 4) is 0 Å². The quantitative estimate of drug-likeness (QED) is 0.790. The van der Waals surface area contributed by atoms with Crippen molar-refractivity contribution in [2.24, 2.45) is 5.92 Å². The molecule has 0 aliphatic carbocycles. The molecule has 1 aromatic rings. The van der Waals surface area contributed by atoms with Gasteiger partial charge in [-0.3, -0.25) is 4.79 Å². The SMILES string of the molecule is CCN(CC)C(=O)N1CCC[C@@H](C(=O)Nc2cc(Cl)ccc2N2CCOCC2)C1. The first kappa shape index (κ1) is 21.7. The lowest BCUT2D eigenvalue weighted by Gasteiger charge is -2.35. The number of likely N-dealkylation sites (tertiary alicyclic amines) is 1. The number of benzene rings is 1. The Morgan fingerprint density at radius 2 is 1.93 bits per heavy atom. The van der Waals surface area contributed by atoms with E-state index in [-0.39, 0.29) is 17.9 Å². The predicted molar refractivity (Wildman–Crippen MR) is 116 cm³/mol. The number of amides is 3. The van der Waals surface area contributed by atoms with Gasteiger partial charge in [-0.05, 0) is 44.9 Å². The van der Waals surface area contributed by atoms with Gasteiger partial charge in [0.15, 0.2) is 0 Å². The van der Waals surface area contributed by atoms with E-state index in [0.717, 1.165) is 37.3 Å². The van der Waals surface area contributed by atoms with Gasteiger partial charge in [-0.1, -0.05) is 11.6 Å². The Balaban J connectivity index is 1.69. The molecule has 0 saturated carbocycles. The first-order chi connectivity index (χ1) is 14.0. The fraction of sp³-hybridized carbons (Fsp3) is 0.619. The highest BCUT2D eigenvalue weighted by Crippen LogP contribution is 2.31. The van der Waals surface area contributed by atoms with Crippen LogP contribution in [0, 0.1) is 5.92 Å². The first-order valence-electron chi connectivity index (χ1n) is 10.5. The number of nitrogens with one attached hydrogen (secondary N) is 1. The zero-order valence-corrected chi connectivity index (χ0v) is 18.1. The number of urea groups is 1. The van der Waals surface area contributed by atoms with Crippen molar-refractivity contribution in [1.82, 2.24) is 9.80 Å². The second-order valence-electron chi connectivity index (χ2n) is 7.49. The number of morpholine rings is 1. The molecule has 2 heterocycles. The van der Waals surface area contributed by atoms with Crippen LogP contribution in [0.2, 0.25) is 5.02 Å². The predicted octanol–water partition coefficient (Wildman–Crippen LogP) is 3.29. The molecule has 0 spiro atoms. The van der Waals surface area contributed by atoms with E-state index in [2.05, 4.69) is 10.2 Å². The summed E-state index contributed by atoms with van der Waals surface area (Å²) in [5.41, 5.74) is 1.68. The molecule has 1 N–H and O–H groups in total. The Kier molecular flexibility index (Phi) is 7.61. The lowest BCUT2D eigenvalue weighted by Crippen LogP contribution is -2.49. The maximum absolute atomic E-state index is 13.0. The molecular weight excluding hydrogens is 392 g/mol. The van der Waals surface area contributed by atoms with E-state index in [1.54, 1.807) is 11.0 Å². The van der Waals surface area contributed by atoms with Gasteiger partial charge in [0.25, 0.3) is 0 Å². The Morgan fingerprint density at radius 1 is 1.21 bits per heavy atom. The smallest absolute Gasteiger partial charge is 0.320 e. The van der Waals surface area contributed by atoms with Gasteiger partial charge in [0.05, 0.1) is 30.5 Å². The molecule has 7 nitrogen and oxygen atoms in total. The number of carbonyl (C=O) groups excluding carboxylic acids is 2. The third kappa shape index (κ3) is 5.34. The van der Waals surface area contributed by atoms with E-state index in [1.165, 1.54) is 0 Å². The minimum absolute atomic E-state index is 0.0178. The van der Waals surface area contributed by atoms with Crippen molar-refractivity contribution in [3.05, 3.63) is 23.2 Å². The summed E-state index contributed by atoms with van der Waals surface area (Å²) in [7, 11) is 0. The molecule has 2 saturated heterocycles. The van der Waals surface area contributed by atoms with Crippen LogP contribution in [0.5, 0.6) is 0 Å². The zero-order chi connectivity index (χ0) is 20.8. The summed E-state index contributed by atoms with van der Waals surface area (Å²) in [5, 5.41) is 3.66. The average Bonchev–Trinajstić information content (AvgIpc) is 2.75. The second-order valence-corrected chi connectivity index (χ2v) is 7.93. The number of rotatable bonds is 5. The summed E-state index contributed by atoms with van der Waals surface area (Å²) in [6, 6.07) is 5.60. The topological polar surface area (TPSA) is 65.1 Å². The lowest BCUT2D eigenvalue weighted by molar-refractivity contribution is -0.121. The molecule has 0 aromatic heterocycles. The van der Waals surface area contributed by atoms with Crippen LogP contribution in [0.3, 0.4) is 0 Å². The van der Waals surface area contributed by atoms with Crippen molar-refractivity contribution in [2.75, 3.05) is 62.7 Å². The molecule has 3 amide bonds. The summed E-state index contributed by atoms with van der Waals surface area (Å²) >= 11 is 6.20. The molecule has 0 radical (unpaired) electrons. The van der Waals surface area contributed by atoms with Gasteiger partial charge in [0, 0.05) is 44.3 Å². The molecule has 8 heteroatoms. The Bertz CT molecular complexity index is 720. The third-order valence-corrected chi connectivity index (χ3v) is 5.90. The summed E-state index contributed by atoms with van der Waals surface area (Å²) in [5.74, 6) is -0.279. The average molecular weight is 423 g/mol. The van der Waals surface area contributed by atoms with Crippen molar-refractivity contribution < 1.29 is 14.3 Å². The molecule has 1 aromatic carbocycles. The minimum atomic E-state index is -0.222. The van der Waals surface area contributed by atoms with Crippen LogP contribution >= 0.6 is 11.6 Å². The van der Waals surface area contributed by atoms with Crippen LogP contribution in [0.25, 0.3) is 0 Å². The van der Waals surface area contributed by atoms with E-state index < -0.39 is 0 Å². The summed E-state index contributed by atoms with van der Waals surface area (Å²) in [6.07, 6.45) is 1.61. The zero-order valence-electron chi connectivity index (χ0n) is 17.3. The number of anilines is 2. The van der Waals surface area contributed by atoms with Gasteiger partial charge in [-0.2, -0.15) is 0 Å². The molecule has 3 rings (SSSR count). The number of hydrogen-bond donors (Lipinski definition) is 1. The van der Waals surface area contributed by atoms with Gasteiger partial charge >= 0.3 is 6.03 Å². The number of hydrogen-bond acceptors (Lipinski definition) is 4. The van der Waals surface area contributed by atoms with Crippen molar-refractivity contribution in [2.45, 2.75) is 26.7 Å². The molecule has 2 aliphatic rings. The number of carbonyl (C=O) groups is 2. The second kappa shape index (κ2) is 10.2. The lowest BCUT2D eigenvalue weighted by atomic mass is 9.97. The highest BCUT2D eigenvalue weighted by molar-refractivity contribution is 6.31. The first-order valence-corrected chi connectivity index (χ1v) is 10.9. The summed E-state index contributed by atoms with van der Waals surface area (Å²) < 4.78 is 5.44. The summed E-state index contributed by atoms with van der Waals surface area (Å²) in [6.45, 7) is 9.35. The largest absolute Gasteiger partial charge is 0.378 e. The van der Waals surface area contributed by atoms with Crippen LogP contribution in [0.1, 0.15) is 26.7 Å². The van der Waals surface area contributed by atoms with Crippen LogP contribution in [0.15, 0.2) is 18.2 Å². The van der Waals surface area contributed by atoms with Gasteiger partial charge in [0.1, 0.15) is 0 Å². The molecule has 0 unspecified atom stereocenters. The maximum atomic E-state index is 13.0. The number of nitrogens with zero attached hydrogens (tertiary/aromatic N) is 3. The van der Waals surface area contributed by atoms with Crippen molar-refractivity contribution in [1.29, 1.82) is 0 Å². The molecule has 1 atom stereocenters. The van der Waals surface area contributed by atoms with Crippen LogP contribution in [-0.2, 0) is 9.53 Å². The summed E-state index contributed by atoms with van der Waals surface area (Å²) in [4.78, 5) is 31.5. The highest BCUT2D eigenvalue weighted by atomic mass is 35.5. The van der Waals surface area contributed by atoms with Gasteiger partial charge < -0.3 is 24.8 Å². The van der Waals surface area contributed by atoms with Crippen LogP contribution < -0.4 is 10.2 Å².